The van der Waals surface area contributed by atoms with Crippen molar-refractivity contribution >= 4 is 64.5 Å². The number of halogens is 2. The Morgan fingerprint density at radius 1 is 1.00 bits per heavy atom. The van der Waals surface area contributed by atoms with E-state index in [1.54, 1.807) is 37.8 Å². The molecule has 71 heavy (non-hydrogen) atoms. The van der Waals surface area contributed by atoms with E-state index < -0.39 is 66.2 Å². The fourth-order valence-electron chi connectivity index (χ4n) is 9.46. The van der Waals surface area contributed by atoms with Crippen LogP contribution in [0.4, 0.5) is 8.78 Å². The van der Waals surface area contributed by atoms with Crippen molar-refractivity contribution in [1.82, 2.24) is 25.3 Å². The number of rotatable bonds is 14. The van der Waals surface area contributed by atoms with Gasteiger partial charge >= 0.3 is 13.3 Å². The summed E-state index contributed by atoms with van der Waals surface area (Å²) in [6.07, 6.45) is 2.59. The Hall–Kier alpha value is -5.87. The Labute approximate surface area is 413 Å². The number of likely N-dealkylation sites (tertiary alicyclic amines) is 1. The van der Waals surface area contributed by atoms with E-state index in [1.807, 2.05) is 36.4 Å². The zero-order valence-corrected chi connectivity index (χ0v) is 41.2. The standard InChI is InChI=1S/C51H56F2N5O11PS/c1-50(2,3)44(55-46(61)42-26-33-25-34(18-20-41(33)71-42)51(52,53)70(65,66)67)49(64)57-28-35(27-39(57)48(63)56-22-24-69-40(30-56)32-14-9-7-10-15-32)68-23-11-6-4-5-8-13-31-16-12-17-36-37(31)29-58(47(36)62)38-19-21-43(59)54-45(38)60/h7,9-10,12,14-18,20,25-26,35,38-40,44H,4-6,11,19,21-24,27-30H2,1-3H3,(H,55,61)(H,54,59,60)(H2,65,66,67)/t35-,38?,39-,40-,44?/m0/s1. The fraction of sp³-hybridized carbons (Fsp3) is 0.451. The number of hydrogen-bond acceptors (Lipinski definition) is 10. The molecule has 0 radical (unpaired) electrons. The Kier molecular flexibility index (Phi) is 15.3. The van der Waals surface area contributed by atoms with Crippen molar-refractivity contribution in [1.29, 1.82) is 0 Å². The van der Waals surface area contributed by atoms with Gasteiger partial charge in [0.15, 0.2) is 0 Å². The van der Waals surface area contributed by atoms with Gasteiger partial charge in [0.2, 0.25) is 23.6 Å². The van der Waals surface area contributed by atoms with E-state index in [0.717, 1.165) is 47.4 Å². The summed E-state index contributed by atoms with van der Waals surface area (Å²) in [7, 11) is -5.84. The van der Waals surface area contributed by atoms with Gasteiger partial charge in [0.05, 0.1) is 24.1 Å². The van der Waals surface area contributed by atoms with Crippen LogP contribution < -0.4 is 10.6 Å². The number of hydrogen-bond donors (Lipinski definition) is 4. The third-order valence-electron chi connectivity index (χ3n) is 13.3. The number of thiophene rings is 1. The van der Waals surface area contributed by atoms with Crippen LogP contribution in [0.15, 0.2) is 72.8 Å². The van der Waals surface area contributed by atoms with Crippen LogP contribution in [0.3, 0.4) is 0 Å². The van der Waals surface area contributed by atoms with Gasteiger partial charge in [-0.25, -0.2) is 0 Å². The molecule has 6 amide bonds. The molecule has 8 rings (SSSR count). The third kappa shape index (κ3) is 11.3. The molecule has 0 saturated carbocycles. The molecule has 3 fully saturated rings. The van der Waals surface area contributed by atoms with Crippen molar-refractivity contribution in [2.45, 2.75) is 108 Å². The van der Waals surface area contributed by atoms with Gasteiger partial charge in [0, 0.05) is 66.9 Å². The normalized spacial score (nSPS) is 21.2. The summed E-state index contributed by atoms with van der Waals surface area (Å²) in [4.78, 5) is 104. The molecule has 4 aliphatic rings. The topological polar surface area (TPSA) is 212 Å². The van der Waals surface area contributed by atoms with E-state index in [4.69, 9.17) is 9.47 Å². The number of nitrogens with zero attached hydrogens (tertiary/aromatic N) is 3. The monoisotopic (exact) mass is 1020 g/mol. The molecule has 16 nitrogen and oxygen atoms in total. The van der Waals surface area contributed by atoms with E-state index in [-0.39, 0.29) is 73.0 Å². The molecule has 20 heteroatoms. The van der Waals surface area contributed by atoms with Gasteiger partial charge in [-0.15, -0.1) is 11.3 Å². The number of alkyl halides is 2. The largest absolute Gasteiger partial charge is 0.399 e. The van der Waals surface area contributed by atoms with Crippen LogP contribution in [0, 0.1) is 17.3 Å². The van der Waals surface area contributed by atoms with Gasteiger partial charge in [0.25, 0.3) is 11.8 Å². The molecular formula is C51H56F2N5O11PS. The number of unbranched alkanes of at least 4 members (excludes halogenated alkanes) is 3. The second-order valence-corrected chi connectivity index (χ2v) is 22.1. The van der Waals surface area contributed by atoms with E-state index in [1.165, 1.54) is 21.9 Å². The number of benzene rings is 3. The first-order valence-electron chi connectivity index (χ1n) is 23.6. The maximum absolute atomic E-state index is 14.8. The average Bonchev–Trinajstić information content (AvgIpc) is 4.06. The summed E-state index contributed by atoms with van der Waals surface area (Å²) in [5.74, 6) is 3.91. The molecule has 4 aromatic rings. The zero-order chi connectivity index (χ0) is 50.8. The number of piperidine rings is 1. The average molecular weight is 1020 g/mol. The van der Waals surface area contributed by atoms with Crippen molar-refractivity contribution < 1.29 is 61.4 Å². The van der Waals surface area contributed by atoms with E-state index in [2.05, 4.69) is 22.5 Å². The SMILES string of the molecule is CC(C)(C)C(NC(=O)c1cc2cc(C(F)(F)P(=O)(O)O)ccc2s1)C(=O)N1C[C@@H](OCCCCCC#Cc2cccc3c2CN(C2CCC(=O)NC2=O)C3=O)C[C@H]1C(=O)N1CCO[C@H](c2ccccc2)C1. The highest BCUT2D eigenvalue weighted by Gasteiger charge is 2.51. The van der Waals surface area contributed by atoms with Gasteiger partial charge in [-0.1, -0.05) is 81.5 Å². The molecule has 5 atom stereocenters. The second kappa shape index (κ2) is 21.1. The number of imide groups is 1. The molecule has 4 aliphatic heterocycles. The van der Waals surface area contributed by atoms with Crippen LogP contribution in [0.2, 0.25) is 0 Å². The Morgan fingerprint density at radius 2 is 1.77 bits per heavy atom. The van der Waals surface area contributed by atoms with E-state index in [9.17, 15) is 51.9 Å². The van der Waals surface area contributed by atoms with Gasteiger partial charge in [-0.05, 0) is 71.5 Å². The molecule has 1 aromatic heterocycles. The van der Waals surface area contributed by atoms with Crippen LogP contribution in [-0.2, 0) is 45.4 Å². The van der Waals surface area contributed by atoms with E-state index in [0.29, 0.717) is 48.4 Å². The number of ether oxygens (including phenoxy) is 2. The van der Waals surface area contributed by atoms with Crippen molar-refractivity contribution in [2.24, 2.45) is 5.41 Å². The zero-order valence-electron chi connectivity index (χ0n) is 39.5. The first-order chi connectivity index (χ1) is 33.7. The molecule has 4 N–H and O–H groups in total. The quantitative estimate of drug-likeness (QED) is 0.0481. The van der Waals surface area contributed by atoms with Crippen LogP contribution in [0.25, 0.3) is 10.1 Å². The van der Waals surface area contributed by atoms with E-state index >= 15 is 0 Å². The lowest BCUT2D eigenvalue weighted by Crippen LogP contribution is -2.58. The minimum Gasteiger partial charge on any atom is -0.376 e. The molecule has 5 heterocycles. The molecule has 0 aliphatic carbocycles. The summed E-state index contributed by atoms with van der Waals surface area (Å²) in [5, 5.41) is 5.34. The summed E-state index contributed by atoms with van der Waals surface area (Å²) in [6.45, 7) is 6.88. The molecule has 2 unspecified atom stereocenters. The molecule has 376 valence electrons. The molecule has 0 bridgehead atoms. The Balaban J connectivity index is 0.912. The number of fused-ring (bicyclic) bond motifs is 2. The maximum atomic E-state index is 14.8. The minimum atomic E-state index is -5.84. The van der Waals surface area contributed by atoms with Crippen molar-refractivity contribution in [2.75, 3.05) is 32.8 Å². The van der Waals surface area contributed by atoms with Crippen LogP contribution in [0.5, 0.6) is 0 Å². The smallest absolute Gasteiger partial charge is 0.376 e. The second-order valence-electron chi connectivity index (χ2n) is 19.4. The highest BCUT2D eigenvalue weighted by Crippen LogP contribution is 2.59. The number of carbonyl (C=O) groups excluding carboxylic acids is 6. The predicted octanol–water partition coefficient (Wildman–Crippen LogP) is 6.23. The summed E-state index contributed by atoms with van der Waals surface area (Å²) in [5.41, 5.74) is -3.32. The highest BCUT2D eigenvalue weighted by molar-refractivity contribution is 7.52. The van der Waals surface area contributed by atoms with Gasteiger partial charge < -0.3 is 39.3 Å². The number of carbonyl (C=O) groups is 6. The maximum Gasteiger partial charge on any atom is 0.399 e. The first-order valence-corrected chi connectivity index (χ1v) is 26.1. The molecule has 0 spiro atoms. The minimum absolute atomic E-state index is 0.0821. The predicted molar refractivity (Wildman–Crippen MR) is 258 cm³/mol. The number of morpholine rings is 1. The summed E-state index contributed by atoms with van der Waals surface area (Å²) < 4.78 is 53.5. The molecule has 3 aromatic carbocycles. The summed E-state index contributed by atoms with van der Waals surface area (Å²) in [6, 6.07) is 16.5. The highest BCUT2D eigenvalue weighted by atomic mass is 32.1. The van der Waals surface area contributed by atoms with Crippen LogP contribution in [0.1, 0.15) is 114 Å². The third-order valence-corrected chi connectivity index (χ3v) is 15.4. The Morgan fingerprint density at radius 3 is 2.51 bits per heavy atom. The van der Waals surface area contributed by atoms with Crippen molar-refractivity contribution in [3.05, 3.63) is 105 Å². The van der Waals surface area contributed by atoms with Gasteiger partial charge in [0.1, 0.15) is 24.2 Å². The summed E-state index contributed by atoms with van der Waals surface area (Å²) >= 11 is 0.969. The molecular weight excluding hydrogens is 960 g/mol. The lowest BCUT2D eigenvalue weighted by Gasteiger charge is -2.38. The van der Waals surface area contributed by atoms with Crippen LogP contribution in [-0.4, -0.2) is 117 Å². The van der Waals surface area contributed by atoms with Gasteiger partial charge in [-0.2, -0.15) is 8.78 Å². The Bertz CT molecular complexity index is 2840. The van der Waals surface area contributed by atoms with Crippen molar-refractivity contribution in [3.8, 4) is 11.8 Å². The number of amides is 6. The lowest BCUT2D eigenvalue weighted by atomic mass is 9.85. The lowest BCUT2D eigenvalue weighted by molar-refractivity contribution is -0.150. The van der Waals surface area contributed by atoms with Crippen molar-refractivity contribution in [3.63, 3.8) is 0 Å². The first kappa shape index (κ1) is 51.5. The fourth-order valence-corrected chi connectivity index (χ4v) is 10.9. The number of nitrogens with one attached hydrogen (secondary N) is 2. The molecule has 3 saturated heterocycles. The van der Waals surface area contributed by atoms with Crippen LogP contribution >= 0.6 is 18.9 Å². The van der Waals surface area contributed by atoms with Gasteiger partial charge in [-0.3, -0.25) is 38.6 Å².